The van der Waals surface area contributed by atoms with Gasteiger partial charge in [0.25, 0.3) is 5.91 Å². The Morgan fingerprint density at radius 1 is 1.07 bits per heavy atom. The van der Waals surface area contributed by atoms with Gasteiger partial charge in [0, 0.05) is 24.3 Å². The molecule has 4 rings (SSSR count). The van der Waals surface area contributed by atoms with Crippen LogP contribution in [0.25, 0.3) is 0 Å². The molecule has 6 heteroatoms. The van der Waals surface area contributed by atoms with Crippen LogP contribution in [0.5, 0.6) is 11.5 Å². The molecule has 2 aromatic carbocycles. The average Bonchev–Trinajstić information content (AvgIpc) is 3.20. The Morgan fingerprint density at radius 3 is 2.75 bits per heavy atom. The normalized spacial score (nSPS) is 13.0. The molecule has 142 valence electrons. The fraction of sp³-hybridized carbons (Fsp3) is 0.182. The molecule has 1 unspecified atom stereocenters. The number of benzene rings is 2. The van der Waals surface area contributed by atoms with E-state index in [1.165, 1.54) is 0 Å². The number of nitrogens with zero attached hydrogens (tertiary/aromatic N) is 1. The average molecular weight is 375 g/mol. The summed E-state index contributed by atoms with van der Waals surface area (Å²) in [6.07, 6.45) is 1.63. The van der Waals surface area contributed by atoms with Gasteiger partial charge in [-0.1, -0.05) is 36.4 Å². The minimum atomic E-state index is -0.157. The van der Waals surface area contributed by atoms with Crippen LogP contribution in [0.1, 0.15) is 34.5 Å². The van der Waals surface area contributed by atoms with Crippen molar-refractivity contribution in [1.82, 2.24) is 10.3 Å². The second kappa shape index (κ2) is 8.00. The molecule has 1 atom stereocenters. The van der Waals surface area contributed by atoms with E-state index in [1.54, 1.807) is 18.3 Å². The third kappa shape index (κ3) is 4.06. The van der Waals surface area contributed by atoms with Crippen molar-refractivity contribution in [2.75, 3.05) is 12.1 Å². The highest BCUT2D eigenvalue weighted by Crippen LogP contribution is 2.32. The van der Waals surface area contributed by atoms with Gasteiger partial charge in [0.1, 0.15) is 5.82 Å². The summed E-state index contributed by atoms with van der Waals surface area (Å²) in [5.41, 5.74) is 2.66. The zero-order valence-corrected chi connectivity index (χ0v) is 15.5. The van der Waals surface area contributed by atoms with Gasteiger partial charge in [-0.25, -0.2) is 4.98 Å². The lowest BCUT2D eigenvalue weighted by molar-refractivity contribution is 0.0950. The van der Waals surface area contributed by atoms with E-state index in [0.717, 1.165) is 16.9 Å². The molecule has 1 aliphatic heterocycles. The lowest BCUT2D eigenvalue weighted by Crippen LogP contribution is -2.23. The number of nitrogens with one attached hydrogen (secondary N) is 2. The number of hydrogen-bond donors (Lipinski definition) is 2. The first-order valence-electron chi connectivity index (χ1n) is 9.13. The quantitative estimate of drug-likeness (QED) is 0.683. The predicted octanol–water partition coefficient (Wildman–Crippen LogP) is 3.91. The molecule has 2 heterocycles. The fourth-order valence-corrected chi connectivity index (χ4v) is 3.03. The number of pyridine rings is 1. The Kier molecular flexibility index (Phi) is 5.10. The molecule has 0 bridgehead atoms. The smallest absolute Gasteiger partial charge is 0.251 e. The zero-order valence-electron chi connectivity index (χ0n) is 15.5. The van der Waals surface area contributed by atoms with Gasteiger partial charge in [-0.3, -0.25) is 4.79 Å². The number of ether oxygens (including phenoxy) is 2. The van der Waals surface area contributed by atoms with Gasteiger partial charge in [0.05, 0.1) is 0 Å². The zero-order chi connectivity index (χ0) is 19.3. The number of carbonyl (C=O) groups excluding carboxylic acids is 1. The Hall–Kier alpha value is -3.54. The molecular weight excluding hydrogens is 354 g/mol. The molecule has 3 aromatic rings. The van der Waals surface area contributed by atoms with Crippen LogP contribution in [-0.4, -0.2) is 17.7 Å². The number of fused-ring (bicyclic) bond motifs is 1. The lowest BCUT2D eigenvalue weighted by Gasteiger charge is -2.15. The molecule has 2 N–H and O–H groups in total. The minimum absolute atomic E-state index is 0.0839. The molecule has 0 spiro atoms. The minimum Gasteiger partial charge on any atom is -0.454 e. The van der Waals surface area contributed by atoms with E-state index >= 15 is 0 Å². The number of rotatable bonds is 6. The Labute approximate surface area is 163 Å². The van der Waals surface area contributed by atoms with E-state index in [9.17, 15) is 4.79 Å². The molecule has 1 amide bonds. The molecule has 0 aliphatic carbocycles. The van der Waals surface area contributed by atoms with Crippen molar-refractivity contribution >= 4 is 11.7 Å². The van der Waals surface area contributed by atoms with Gasteiger partial charge < -0.3 is 20.1 Å². The molecule has 0 saturated heterocycles. The second-order valence-corrected chi connectivity index (χ2v) is 6.58. The number of amides is 1. The van der Waals surface area contributed by atoms with Gasteiger partial charge >= 0.3 is 0 Å². The van der Waals surface area contributed by atoms with Crippen LogP contribution in [-0.2, 0) is 6.54 Å². The van der Waals surface area contributed by atoms with Crippen molar-refractivity contribution in [2.45, 2.75) is 19.5 Å². The van der Waals surface area contributed by atoms with E-state index in [-0.39, 0.29) is 18.7 Å². The van der Waals surface area contributed by atoms with E-state index in [2.05, 4.69) is 34.7 Å². The summed E-state index contributed by atoms with van der Waals surface area (Å²) in [5, 5.41) is 6.26. The topological polar surface area (TPSA) is 72.5 Å². The van der Waals surface area contributed by atoms with Crippen LogP contribution in [0.15, 0.2) is 66.9 Å². The lowest BCUT2D eigenvalue weighted by atomic mass is 10.1. The number of hydrogen-bond acceptors (Lipinski definition) is 5. The maximum absolute atomic E-state index is 12.5. The summed E-state index contributed by atoms with van der Waals surface area (Å²) in [6.45, 7) is 2.70. The predicted molar refractivity (Wildman–Crippen MR) is 106 cm³/mol. The first-order valence-corrected chi connectivity index (χ1v) is 9.13. The summed E-state index contributed by atoms with van der Waals surface area (Å²) in [7, 11) is 0. The van der Waals surface area contributed by atoms with Crippen LogP contribution in [0.3, 0.4) is 0 Å². The summed E-state index contributed by atoms with van der Waals surface area (Å²) in [5.74, 6) is 1.94. The molecule has 0 radical (unpaired) electrons. The van der Waals surface area contributed by atoms with Crippen LogP contribution in [0, 0.1) is 0 Å². The Morgan fingerprint density at radius 2 is 1.89 bits per heavy atom. The standard InChI is InChI=1S/C22H21N3O3/c1-15(17-5-3-2-4-6-17)25-21-12-18(9-10-23-21)22(26)24-13-16-7-8-19-20(11-16)28-14-27-19/h2-12,15H,13-14H2,1H3,(H,23,25)(H,24,26). The molecule has 0 saturated carbocycles. The van der Waals surface area contributed by atoms with Gasteiger partial charge in [0.15, 0.2) is 11.5 Å². The maximum atomic E-state index is 12.5. The van der Waals surface area contributed by atoms with Crippen LogP contribution in [0.4, 0.5) is 5.82 Å². The van der Waals surface area contributed by atoms with Gasteiger partial charge in [0.2, 0.25) is 6.79 Å². The number of anilines is 1. The Balaban J connectivity index is 1.39. The summed E-state index contributed by atoms with van der Waals surface area (Å²) in [4.78, 5) is 16.9. The SMILES string of the molecule is CC(Nc1cc(C(=O)NCc2ccc3c(c2)OCO3)ccn1)c1ccccc1. The van der Waals surface area contributed by atoms with Gasteiger partial charge in [-0.15, -0.1) is 0 Å². The van der Waals surface area contributed by atoms with Crippen LogP contribution in [0.2, 0.25) is 0 Å². The van der Waals surface area contributed by atoms with E-state index < -0.39 is 0 Å². The van der Waals surface area contributed by atoms with Gasteiger partial charge in [-0.05, 0) is 42.3 Å². The number of carbonyl (C=O) groups is 1. The highest BCUT2D eigenvalue weighted by atomic mass is 16.7. The van der Waals surface area contributed by atoms with Crippen LogP contribution < -0.4 is 20.1 Å². The van der Waals surface area contributed by atoms with Crippen molar-refractivity contribution in [3.05, 3.63) is 83.6 Å². The maximum Gasteiger partial charge on any atom is 0.251 e. The summed E-state index contributed by atoms with van der Waals surface area (Å²) < 4.78 is 10.7. The molecule has 0 fully saturated rings. The first-order chi connectivity index (χ1) is 13.7. The summed E-state index contributed by atoms with van der Waals surface area (Å²) in [6, 6.07) is 19.3. The molecular formula is C22H21N3O3. The van der Waals surface area contributed by atoms with Crippen molar-refractivity contribution in [1.29, 1.82) is 0 Å². The van der Waals surface area contributed by atoms with Crippen molar-refractivity contribution in [2.24, 2.45) is 0 Å². The second-order valence-electron chi connectivity index (χ2n) is 6.58. The number of aromatic nitrogens is 1. The third-order valence-electron chi connectivity index (χ3n) is 4.58. The molecule has 1 aromatic heterocycles. The first kappa shape index (κ1) is 17.9. The van der Waals surface area contributed by atoms with E-state index in [0.29, 0.717) is 23.7 Å². The summed E-state index contributed by atoms with van der Waals surface area (Å²) >= 11 is 0. The largest absolute Gasteiger partial charge is 0.454 e. The van der Waals surface area contributed by atoms with E-state index in [4.69, 9.17) is 9.47 Å². The van der Waals surface area contributed by atoms with Crippen LogP contribution >= 0.6 is 0 Å². The van der Waals surface area contributed by atoms with Crippen molar-refractivity contribution in [3.63, 3.8) is 0 Å². The monoisotopic (exact) mass is 375 g/mol. The van der Waals surface area contributed by atoms with Gasteiger partial charge in [-0.2, -0.15) is 0 Å². The molecule has 1 aliphatic rings. The highest BCUT2D eigenvalue weighted by Gasteiger charge is 2.14. The van der Waals surface area contributed by atoms with Crippen molar-refractivity contribution in [3.8, 4) is 11.5 Å². The van der Waals surface area contributed by atoms with Crippen molar-refractivity contribution < 1.29 is 14.3 Å². The van der Waals surface area contributed by atoms with E-state index in [1.807, 2.05) is 36.4 Å². The molecule has 6 nitrogen and oxygen atoms in total. The Bertz CT molecular complexity index is 976. The highest BCUT2D eigenvalue weighted by molar-refractivity contribution is 5.94. The third-order valence-corrected chi connectivity index (χ3v) is 4.58. The molecule has 28 heavy (non-hydrogen) atoms. The fourth-order valence-electron chi connectivity index (χ4n) is 3.03.